The second-order valence-electron chi connectivity index (χ2n) is 5.81. The maximum atomic E-state index is 6.13. The summed E-state index contributed by atoms with van der Waals surface area (Å²) in [6.07, 6.45) is 1.75. The standard InChI is InChI=1S/C19H22N4O3/c1-23-10-22-17(12-8-14(21)19(26-4)16(9-12)25-3)18(23)11-5-6-15(24-2)13(20)7-11/h5-10H,20-21H2,1-4H3. The Labute approximate surface area is 152 Å². The molecular weight excluding hydrogens is 332 g/mol. The van der Waals surface area contributed by atoms with Crippen LogP contribution in [0.3, 0.4) is 0 Å². The Morgan fingerprint density at radius 1 is 0.846 bits per heavy atom. The van der Waals surface area contributed by atoms with E-state index in [0.717, 1.165) is 22.5 Å². The van der Waals surface area contributed by atoms with Gasteiger partial charge in [-0.05, 0) is 30.3 Å². The van der Waals surface area contributed by atoms with Crippen LogP contribution in [0.4, 0.5) is 11.4 Å². The average molecular weight is 354 g/mol. The Bertz CT molecular complexity index is 950. The minimum atomic E-state index is 0.479. The lowest BCUT2D eigenvalue weighted by Gasteiger charge is -2.14. The number of anilines is 2. The fourth-order valence-electron chi connectivity index (χ4n) is 2.99. The summed E-state index contributed by atoms with van der Waals surface area (Å²) < 4.78 is 17.9. The van der Waals surface area contributed by atoms with E-state index in [1.54, 1.807) is 27.7 Å². The van der Waals surface area contributed by atoms with Crippen molar-refractivity contribution in [2.75, 3.05) is 32.8 Å². The quantitative estimate of drug-likeness (QED) is 0.684. The predicted molar refractivity (Wildman–Crippen MR) is 103 cm³/mol. The molecule has 0 aliphatic rings. The van der Waals surface area contributed by atoms with E-state index >= 15 is 0 Å². The van der Waals surface area contributed by atoms with Crippen LogP contribution in [0.2, 0.25) is 0 Å². The van der Waals surface area contributed by atoms with Crippen LogP contribution in [0.25, 0.3) is 22.5 Å². The van der Waals surface area contributed by atoms with Crippen molar-refractivity contribution in [3.63, 3.8) is 0 Å². The van der Waals surface area contributed by atoms with Crippen LogP contribution in [0, 0.1) is 0 Å². The molecule has 0 aliphatic heterocycles. The molecule has 7 heteroatoms. The van der Waals surface area contributed by atoms with Crippen LogP contribution >= 0.6 is 0 Å². The highest BCUT2D eigenvalue weighted by Gasteiger charge is 2.18. The van der Waals surface area contributed by atoms with Gasteiger partial charge < -0.3 is 30.2 Å². The van der Waals surface area contributed by atoms with Gasteiger partial charge >= 0.3 is 0 Å². The second kappa shape index (κ2) is 6.87. The summed E-state index contributed by atoms with van der Waals surface area (Å²) in [5.74, 6) is 1.68. The fraction of sp³-hybridized carbons (Fsp3) is 0.211. The highest BCUT2D eigenvalue weighted by Crippen LogP contribution is 2.40. The molecule has 0 saturated heterocycles. The Kier molecular flexibility index (Phi) is 4.62. The number of nitrogen functional groups attached to an aromatic ring is 2. The number of nitrogens with zero attached hydrogens (tertiary/aromatic N) is 2. The highest BCUT2D eigenvalue weighted by molar-refractivity contribution is 5.84. The molecule has 7 nitrogen and oxygen atoms in total. The Morgan fingerprint density at radius 3 is 2.15 bits per heavy atom. The molecular formula is C19H22N4O3. The first-order valence-corrected chi connectivity index (χ1v) is 7.97. The summed E-state index contributed by atoms with van der Waals surface area (Å²) in [7, 11) is 6.65. The molecule has 0 aliphatic carbocycles. The van der Waals surface area contributed by atoms with Gasteiger partial charge in [0.05, 0.1) is 50.4 Å². The molecule has 0 bridgehead atoms. The van der Waals surface area contributed by atoms with Gasteiger partial charge in [-0.25, -0.2) is 4.98 Å². The minimum Gasteiger partial charge on any atom is -0.495 e. The minimum absolute atomic E-state index is 0.479. The molecule has 0 atom stereocenters. The average Bonchev–Trinajstić information content (AvgIpc) is 3.02. The summed E-state index contributed by atoms with van der Waals surface area (Å²) in [6, 6.07) is 9.32. The van der Waals surface area contributed by atoms with Gasteiger partial charge in [-0.15, -0.1) is 0 Å². The van der Waals surface area contributed by atoms with E-state index in [9.17, 15) is 0 Å². The Balaban J connectivity index is 2.18. The first kappa shape index (κ1) is 17.5. The molecule has 0 fully saturated rings. The van der Waals surface area contributed by atoms with Gasteiger partial charge in [0.15, 0.2) is 11.5 Å². The lowest BCUT2D eigenvalue weighted by Crippen LogP contribution is -1.98. The number of aryl methyl sites for hydroxylation is 1. The second-order valence-corrected chi connectivity index (χ2v) is 5.81. The molecule has 26 heavy (non-hydrogen) atoms. The van der Waals surface area contributed by atoms with Crippen molar-refractivity contribution in [1.82, 2.24) is 9.55 Å². The molecule has 0 amide bonds. The maximum Gasteiger partial charge on any atom is 0.183 e. The first-order valence-electron chi connectivity index (χ1n) is 7.97. The lowest BCUT2D eigenvalue weighted by atomic mass is 10.0. The van der Waals surface area contributed by atoms with Gasteiger partial charge in [0.25, 0.3) is 0 Å². The number of hydrogen-bond acceptors (Lipinski definition) is 6. The van der Waals surface area contributed by atoms with Crippen molar-refractivity contribution in [2.24, 2.45) is 7.05 Å². The fourth-order valence-corrected chi connectivity index (χ4v) is 2.99. The number of hydrogen-bond donors (Lipinski definition) is 2. The number of methoxy groups -OCH3 is 3. The molecule has 1 heterocycles. The SMILES string of the molecule is COc1ccc(-c2c(-c3cc(N)c(OC)c(OC)c3)ncn2C)cc1N. The van der Waals surface area contributed by atoms with Crippen molar-refractivity contribution >= 4 is 11.4 Å². The number of nitrogens with two attached hydrogens (primary N) is 2. The third-order valence-corrected chi connectivity index (χ3v) is 4.22. The van der Waals surface area contributed by atoms with Crippen LogP contribution < -0.4 is 25.7 Å². The summed E-state index contributed by atoms with van der Waals surface area (Å²) in [4.78, 5) is 4.55. The zero-order valence-electron chi connectivity index (χ0n) is 15.2. The topological polar surface area (TPSA) is 97.5 Å². The highest BCUT2D eigenvalue weighted by atomic mass is 16.5. The van der Waals surface area contributed by atoms with E-state index in [4.69, 9.17) is 25.7 Å². The third-order valence-electron chi connectivity index (χ3n) is 4.22. The number of rotatable bonds is 5. The van der Waals surface area contributed by atoms with Gasteiger partial charge in [-0.2, -0.15) is 0 Å². The zero-order chi connectivity index (χ0) is 18.8. The molecule has 0 saturated carbocycles. The van der Waals surface area contributed by atoms with E-state index < -0.39 is 0 Å². The van der Waals surface area contributed by atoms with E-state index in [1.165, 1.54) is 0 Å². The van der Waals surface area contributed by atoms with E-state index in [2.05, 4.69) is 4.98 Å². The zero-order valence-corrected chi connectivity index (χ0v) is 15.2. The van der Waals surface area contributed by atoms with E-state index in [-0.39, 0.29) is 0 Å². The summed E-state index contributed by atoms with van der Waals surface area (Å²) in [6.45, 7) is 0. The molecule has 1 aromatic heterocycles. The largest absolute Gasteiger partial charge is 0.495 e. The van der Waals surface area contributed by atoms with E-state index in [1.807, 2.05) is 41.9 Å². The Hall–Kier alpha value is -3.35. The van der Waals surface area contributed by atoms with Crippen LogP contribution in [-0.4, -0.2) is 30.9 Å². The molecule has 0 radical (unpaired) electrons. The Morgan fingerprint density at radius 2 is 1.54 bits per heavy atom. The molecule has 3 aromatic rings. The van der Waals surface area contributed by atoms with Crippen LogP contribution in [-0.2, 0) is 7.05 Å². The van der Waals surface area contributed by atoms with Gasteiger partial charge in [0.2, 0.25) is 0 Å². The smallest absolute Gasteiger partial charge is 0.183 e. The molecule has 0 unspecified atom stereocenters. The van der Waals surface area contributed by atoms with Crippen molar-refractivity contribution in [3.8, 4) is 39.8 Å². The monoisotopic (exact) mass is 354 g/mol. The van der Waals surface area contributed by atoms with Gasteiger partial charge in [-0.3, -0.25) is 0 Å². The van der Waals surface area contributed by atoms with Crippen molar-refractivity contribution < 1.29 is 14.2 Å². The van der Waals surface area contributed by atoms with Crippen molar-refractivity contribution in [1.29, 1.82) is 0 Å². The van der Waals surface area contributed by atoms with Gasteiger partial charge in [-0.1, -0.05) is 0 Å². The van der Waals surface area contributed by atoms with Gasteiger partial charge in [0.1, 0.15) is 5.75 Å². The number of aromatic nitrogens is 2. The number of imidazole rings is 1. The van der Waals surface area contributed by atoms with Gasteiger partial charge in [0, 0.05) is 18.2 Å². The lowest BCUT2D eigenvalue weighted by molar-refractivity contribution is 0.356. The molecule has 136 valence electrons. The normalized spacial score (nSPS) is 10.6. The summed E-state index contributed by atoms with van der Waals surface area (Å²) >= 11 is 0. The maximum absolute atomic E-state index is 6.13. The number of benzene rings is 2. The summed E-state index contributed by atoms with van der Waals surface area (Å²) in [5, 5.41) is 0. The molecule has 2 aromatic carbocycles. The van der Waals surface area contributed by atoms with Crippen molar-refractivity contribution in [2.45, 2.75) is 0 Å². The first-order chi connectivity index (χ1) is 12.5. The number of ether oxygens (including phenoxy) is 3. The molecule has 0 spiro atoms. The van der Waals surface area contributed by atoms with Crippen LogP contribution in [0.15, 0.2) is 36.7 Å². The van der Waals surface area contributed by atoms with Crippen LogP contribution in [0.1, 0.15) is 0 Å². The molecule has 3 rings (SSSR count). The molecule has 4 N–H and O–H groups in total. The summed E-state index contributed by atoms with van der Waals surface area (Å²) in [5.41, 5.74) is 16.7. The third kappa shape index (κ3) is 2.88. The predicted octanol–water partition coefficient (Wildman–Crippen LogP) is 2.94. The van der Waals surface area contributed by atoms with E-state index in [0.29, 0.717) is 28.6 Å². The van der Waals surface area contributed by atoms with Crippen molar-refractivity contribution in [3.05, 3.63) is 36.7 Å². The van der Waals surface area contributed by atoms with Crippen LogP contribution in [0.5, 0.6) is 17.2 Å².